The van der Waals surface area contributed by atoms with Crippen molar-refractivity contribution < 1.29 is 46.6 Å². The fraction of sp³-hybridized carbons (Fsp3) is 0.423. The molecule has 228 valence electrons. The molecule has 0 aliphatic heterocycles. The van der Waals surface area contributed by atoms with Gasteiger partial charge in [0.15, 0.2) is 11.6 Å². The first-order valence-corrected chi connectivity index (χ1v) is 14.2. The van der Waals surface area contributed by atoms with E-state index in [-0.39, 0.29) is 11.7 Å². The standard InChI is InChI=1S/C20H24O8S.C6H14N4O2/c1-20(2,19(21)22)27-17-9-5-15(6-10-17)25-13-4-14-26-16-7-11-18(12-8-16)28-29(3,23)24;7-4(5(11)12)2-1-3-10-6(8)9/h5-12H,4,13-14H2,1-3H3,(H,21,22);4H,1-3,7H2,(H,11,12)(H4,8,9,10)/t;4-/m.0/s1. The van der Waals surface area contributed by atoms with E-state index < -0.39 is 33.7 Å². The van der Waals surface area contributed by atoms with Gasteiger partial charge in [0.25, 0.3) is 0 Å². The molecule has 41 heavy (non-hydrogen) atoms. The number of guanidine groups is 1. The lowest BCUT2D eigenvalue weighted by molar-refractivity contribution is -0.152. The maximum Gasteiger partial charge on any atom is 0.347 e. The van der Waals surface area contributed by atoms with Crippen molar-refractivity contribution in [2.45, 2.75) is 44.8 Å². The molecule has 1 atom stereocenters. The van der Waals surface area contributed by atoms with Crippen LogP contribution in [0.5, 0.6) is 23.0 Å². The summed E-state index contributed by atoms with van der Waals surface area (Å²) in [5, 5.41) is 26.8. The molecule has 2 rings (SSSR count). The van der Waals surface area contributed by atoms with Crippen molar-refractivity contribution in [3.05, 3.63) is 48.5 Å². The van der Waals surface area contributed by atoms with Crippen molar-refractivity contribution in [3.8, 4) is 23.0 Å². The number of aliphatic carboxylic acids is 2. The number of rotatable bonds is 16. The van der Waals surface area contributed by atoms with Crippen LogP contribution in [0, 0.1) is 5.41 Å². The summed E-state index contributed by atoms with van der Waals surface area (Å²) >= 11 is 0. The molecular weight excluding hydrogens is 560 g/mol. The molecule has 0 fully saturated rings. The fourth-order valence-corrected chi connectivity index (χ4v) is 3.28. The van der Waals surface area contributed by atoms with Crippen molar-refractivity contribution in [2.24, 2.45) is 11.5 Å². The second kappa shape index (κ2) is 16.8. The Kier molecular flexibility index (Phi) is 14.2. The Balaban J connectivity index is 0.000000590. The zero-order valence-electron chi connectivity index (χ0n) is 23.2. The molecule has 0 aliphatic rings. The third kappa shape index (κ3) is 15.8. The van der Waals surface area contributed by atoms with Crippen molar-refractivity contribution in [3.63, 3.8) is 0 Å². The summed E-state index contributed by atoms with van der Waals surface area (Å²) in [5.41, 5.74) is 8.90. The molecule has 14 nitrogen and oxygen atoms in total. The van der Waals surface area contributed by atoms with E-state index in [9.17, 15) is 18.0 Å². The number of ether oxygens (including phenoxy) is 3. The van der Waals surface area contributed by atoms with E-state index in [0.717, 1.165) is 6.26 Å². The molecule has 0 amide bonds. The van der Waals surface area contributed by atoms with Crippen LogP contribution in [0.2, 0.25) is 0 Å². The third-order valence-electron chi connectivity index (χ3n) is 4.93. The summed E-state index contributed by atoms with van der Waals surface area (Å²) in [6.07, 6.45) is 2.59. The van der Waals surface area contributed by atoms with Gasteiger partial charge < -0.3 is 45.4 Å². The van der Waals surface area contributed by atoms with Crippen LogP contribution < -0.4 is 35.2 Å². The molecule has 0 aliphatic carbocycles. The van der Waals surface area contributed by atoms with Gasteiger partial charge in [-0.1, -0.05) is 0 Å². The number of hydrogen-bond donors (Lipinski definition) is 6. The predicted octanol–water partition coefficient (Wildman–Crippen LogP) is 1.78. The highest BCUT2D eigenvalue weighted by Crippen LogP contribution is 2.22. The van der Waals surface area contributed by atoms with E-state index >= 15 is 0 Å². The maximum absolute atomic E-state index is 11.1. The van der Waals surface area contributed by atoms with Crippen LogP contribution in [0.25, 0.3) is 0 Å². The predicted molar refractivity (Wildman–Crippen MR) is 151 cm³/mol. The first-order valence-electron chi connectivity index (χ1n) is 12.4. The molecule has 8 N–H and O–H groups in total. The molecule has 0 saturated heterocycles. The van der Waals surface area contributed by atoms with E-state index in [4.69, 9.17) is 45.5 Å². The van der Waals surface area contributed by atoms with E-state index in [2.05, 4.69) is 5.32 Å². The minimum Gasteiger partial charge on any atom is -0.493 e. The van der Waals surface area contributed by atoms with Crippen LogP contribution in [0.1, 0.15) is 33.1 Å². The van der Waals surface area contributed by atoms with Crippen LogP contribution >= 0.6 is 0 Å². The number of nitrogens with two attached hydrogens (primary N) is 2. The van der Waals surface area contributed by atoms with Crippen LogP contribution in [0.4, 0.5) is 0 Å². The highest BCUT2D eigenvalue weighted by Gasteiger charge is 2.29. The summed E-state index contributed by atoms with van der Waals surface area (Å²) < 4.78 is 43.5. The zero-order valence-corrected chi connectivity index (χ0v) is 24.0. The first-order chi connectivity index (χ1) is 19.1. The topological polar surface area (TPSA) is 234 Å². The quantitative estimate of drug-likeness (QED) is 0.0700. The molecule has 2 aromatic carbocycles. The monoisotopic (exact) mass is 598 g/mol. The average Bonchev–Trinajstić information content (AvgIpc) is 2.87. The highest BCUT2D eigenvalue weighted by atomic mass is 32.2. The Morgan fingerprint density at radius 3 is 1.80 bits per heavy atom. The highest BCUT2D eigenvalue weighted by molar-refractivity contribution is 7.86. The normalized spacial score (nSPS) is 11.7. The van der Waals surface area contributed by atoms with Gasteiger partial charge in [-0.25, -0.2) is 4.79 Å². The second-order valence-electron chi connectivity index (χ2n) is 9.13. The van der Waals surface area contributed by atoms with E-state index in [1.807, 2.05) is 0 Å². The molecule has 0 radical (unpaired) electrons. The van der Waals surface area contributed by atoms with Crippen molar-refractivity contribution in [2.75, 3.05) is 26.0 Å². The van der Waals surface area contributed by atoms with E-state index in [1.165, 1.54) is 26.0 Å². The van der Waals surface area contributed by atoms with Gasteiger partial charge in [0.1, 0.15) is 29.0 Å². The molecule has 2 aromatic rings. The maximum atomic E-state index is 11.1. The van der Waals surface area contributed by atoms with Crippen molar-refractivity contribution in [1.29, 1.82) is 5.41 Å². The second-order valence-corrected chi connectivity index (χ2v) is 10.7. The molecular formula is C26H38N4O10S. The number of nitrogens with one attached hydrogen (secondary N) is 2. The Labute approximate surface area is 239 Å². The number of hydrogen-bond acceptors (Lipinski definition) is 10. The fourth-order valence-electron chi connectivity index (χ4n) is 2.82. The Morgan fingerprint density at radius 2 is 1.39 bits per heavy atom. The third-order valence-corrected chi connectivity index (χ3v) is 5.43. The minimum atomic E-state index is -3.55. The Bertz CT molecular complexity index is 1220. The summed E-state index contributed by atoms with van der Waals surface area (Å²) in [7, 11) is -3.55. The van der Waals surface area contributed by atoms with Gasteiger partial charge in [0.2, 0.25) is 0 Å². The lowest BCUT2D eigenvalue weighted by Crippen LogP contribution is -2.37. The number of benzene rings is 2. The van der Waals surface area contributed by atoms with Crippen LogP contribution in [-0.4, -0.2) is 74.2 Å². The number of carboxylic acids is 2. The molecule has 0 spiro atoms. The van der Waals surface area contributed by atoms with Gasteiger partial charge in [-0.2, -0.15) is 8.42 Å². The molecule has 0 aromatic heterocycles. The average molecular weight is 599 g/mol. The first kappa shape index (κ1) is 34.8. The SMILES string of the molecule is CC(C)(Oc1ccc(OCCCOc2ccc(OS(C)(=O)=O)cc2)cc1)C(=O)O.N=C(N)NCCC[C@H](N)C(=O)O. The van der Waals surface area contributed by atoms with Gasteiger partial charge in [0, 0.05) is 13.0 Å². The Morgan fingerprint density at radius 1 is 0.927 bits per heavy atom. The summed E-state index contributed by atoms with van der Waals surface area (Å²) in [4.78, 5) is 21.3. The van der Waals surface area contributed by atoms with Crippen molar-refractivity contribution >= 4 is 28.0 Å². The van der Waals surface area contributed by atoms with Crippen molar-refractivity contribution in [1.82, 2.24) is 5.32 Å². The molecule has 0 bridgehead atoms. The van der Waals surface area contributed by atoms with Gasteiger partial charge >= 0.3 is 22.1 Å². The lowest BCUT2D eigenvalue weighted by Gasteiger charge is -2.21. The van der Waals surface area contributed by atoms with Crippen LogP contribution in [0.15, 0.2) is 48.5 Å². The molecule has 15 heteroatoms. The van der Waals surface area contributed by atoms with Gasteiger partial charge in [-0.05, 0) is 75.2 Å². The minimum absolute atomic E-state index is 0.112. The summed E-state index contributed by atoms with van der Waals surface area (Å²) in [5.74, 6) is -0.271. The Hall–Kier alpha value is -4.24. The number of carbonyl (C=O) groups is 2. The van der Waals surface area contributed by atoms with E-state index in [0.29, 0.717) is 56.3 Å². The van der Waals surface area contributed by atoms with Crippen LogP contribution in [0.3, 0.4) is 0 Å². The zero-order chi connectivity index (χ0) is 31.1. The lowest BCUT2D eigenvalue weighted by atomic mass is 10.1. The van der Waals surface area contributed by atoms with Crippen LogP contribution in [-0.2, 0) is 19.7 Å². The summed E-state index contributed by atoms with van der Waals surface area (Å²) in [6.45, 7) is 4.28. The molecule has 0 heterocycles. The largest absolute Gasteiger partial charge is 0.493 e. The van der Waals surface area contributed by atoms with Gasteiger partial charge in [0.05, 0.1) is 19.5 Å². The van der Waals surface area contributed by atoms with E-state index in [1.54, 1.807) is 36.4 Å². The molecule has 0 unspecified atom stereocenters. The molecule has 0 saturated carbocycles. The summed E-state index contributed by atoms with van der Waals surface area (Å²) in [6, 6.07) is 12.2. The number of carboxylic acid groups (broad SMARTS) is 2. The van der Waals surface area contributed by atoms with Gasteiger partial charge in [-0.15, -0.1) is 0 Å². The smallest absolute Gasteiger partial charge is 0.347 e. The van der Waals surface area contributed by atoms with Gasteiger partial charge in [-0.3, -0.25) is 10.2 Å².